The van der Waals surface area contributed by atoms with Crippen LogP contribution in [0, 0.1) is 5.92 Å². The van der Waals surface area contributed by atoms with Crippen molar-refractivity contribution in [3.05, 3.63) is 59.1 Å². The van der Waals surface area contributed by atoms with Crippen molar-refractivity contribution in [2.75, 3.05) is 20.5 Å². The minimum Gasteiger partial charge on any atom is -0.359 e. The summed E-state index contributed by atoms with van der Waals surface area (Å²) in [6, 6.07) is 14.2. The number of halogens is 1. The average Bonchev–Trinajstić information content (AvgIpc) is 2.73. The minimum atomic E-state index is -0.525. The van der Waals surface area contributed by atoms with E-state index in [0.717, 1.165) is 11.1 Å². The molecule has 2 rings (SSSR count). The normalized spacial score (nSPS) is 12.8. The molecule has 8 heteroatoms. The summed E-state index contributed by atoms with van der Waals surface area (Å²) in [7, 11) is 1.50. The Morgan fingerprint density at radius 3 is 2.21 bits per heavy atom. The summed E-state index contributed by atoms with van der Waals surface area (Å²) < 4.78 is 10.2. The molecule has 2 atom stereocenters. The molecule has 7 nitrogen and oxygen atoms in total. The molecule has 2 aromatic rings. The van der Waals surface area contributed by atoms with Crippen molar-refractivity contribution in [1.82, 2.24) is 10.8 Å². The Kier molecular flexibility index (Phi) is 9.08. The second kappa shape index (κ2) is 11.5. The van der Waals surface area contributed by atoms with Crippen LogP contribution in [0.15, 0.2) is 48.5 Å². The zero-order valence-electron chi connectivity index (χ0n) is 16.4. The third kappa shape index (κ3) is 7.14. The van der Waals surface area contributed by atoms with E-state index in [1.165, 1.54) is 7.11 Å². The van der Waals surface area contributed by atoms with Gasteiger partial charge in [0.15, 0.2) is 0 Å². The standard InChI is InChI=1S/C21H25ClN2O5/c1-14(20(25)24-27)11-19(12-29-13-28-2)23-21(26)17-5-3-15(4-6-17)16-7-9-18(22)10-8-16/h3-10,14,19,27H,11-13H2,1-2H3,(H,23,26)(H,24,25). The number of methoxy groups -OCH3 is 1. The van der Waals surface area contributed by atoms with Gasteiger partial charge in [-0.3, -0.25) is 14.8 Å². The first-order valence-corrected chi connectivity index (χ1v) is 9.50. The smallest absolute Gasteiger partial charge is 0.251 e. The van der Waals surface area contributed by atoms with Crippen molar-refractivity contribution in [3.63, 3.8) is 0 Å². The fourth-order valence-electron chi connectivity index (χ4n) is 2.81. The van der Waals surface area contributed by atoms with E-state index < -0.39 is 17.9 Å². The third-order valence-corrected chi connectivity index (χ3v) is 4.63. The van der Waals surface area contributed by atoms with Gasteiger partial charge in [-0.05, 0) is 41.8 Å². The van der Waals surface area contributed by atoms with E-state index in [9.17, 15) is 9.59 Å². The van der Waals surface area contributed by atoms with Crippen LogP contribution in [0.5, 0.6) is 0 Å². The van der Waals surface area contributed by atoms with Crippen LogP contribution in [0.4, 0.5) is 0 Å². The Morgan fingerprint density at radius 1 is 1.07 bits per heavy atom. The van der Waals surface area contributed by atoms with Gasteiger partial charge in [-0.2, -0.15) is 0 Å². The van der Waals surface area contributed by atoms with Crippen LogP contribution in [0.3, 0.4) is 0 Å². The molecular weight excluding hydrogens is 396 g/mol. The van der Waals surface area contributed by atoms with Crippen molar-refractivity contribution in [1.29, 1.82) is 0 Å². The van der Waals surface area contributed by atoms with E-state index in [1.807, 2.05) is 36.4 Å². The van der Waals surface area contributed by atoms with Gasteiger partial charge in [-0.1, -0.05) is 42.8 Å². The van der Waals surface area contributed by atoms with Crippen LogP contribution in [0.2, 0.25) is 5.02 Å². The minimum absolute atomic E-state index is 0.0722. The van der Waals surface area contributed by atoms with Crippen LogP contribution in [-0.4, -0.2) is 43.6 Å². The SMILES string of the molecule is COCOCC(CC(C)C(=O)NO)NC(=O)c1ccc(-c2ccc(Cl)cc2)cc1. The molecule has 156 valence electrons. The molecule has 3 N–H and O–H groups in total. The van der Waals surface area contributed by atoms with Gasteiger partial charge < -0.3 is 14.8 Å². The number of carbonyl (C=O) groups is 2. The average molecular weight is 421 g/mol. The lowest BCUT2D eigenvalue weighted by Crippen LogP contribution is -2.41. The van der Waals surface area contributed by atoms with Gasteiger partial charge in [0.25, 0.3) is 5.91 Å². The maximum atomic E-state index is 12.6. The van der Waals surface area contributed by atoms with Gasteiger partial charge in [-0.15, -0.1) is 0 Å². The lowest BCUT2D eigenvalue weighted by molar-refractivity contribution is -0.133. The Hall–Kier alpha value is -2.45. The number of nitrogens with one attached hydrogen (secondary N) is 2. The number of carbonyl (C=O) groups excluding carboxylic acids is 2. The van der Waals surface area contributed by atoms with Crippen molar-refractivity contribution in [3.8, 4) is 11.1 Å². The molecule has 0 aromatic heterocycles. The van der Waals surface area contributed by atoms with E-state index >= 15 is 0 Å². The predicted octanol–water partition coefficient (Wildman–Crippen LogP) is 3.26. The summed E-state index contributed by atoms with van der Waals surface area (Å²) in [4.78, 5) is 24.2. The molecule has 0 aliphatic carbocycles. The topological polar surface area (TPSA) is 96.9 Å². The molecule has 0 saturated carbocycles. The Bertz CT molecular complexity index is 796. The summed E-state index contributed by atoms with van der Waals surface area (Å²) in [6.45, 7) is 1.90. The molecule has 2 unspecified atom stereocenters. The first kappa shape index (κ1) is 22.8. The molecule has 0 fully saturated rings. The Balaban J connectivity index is 2.04. The van der Waals surface area contributed by atoms with Gasteiger partial charge in [0.1, 0.15) is 6.79 Å². The first-order valence-electron chi connectivity index (χ1n) is 9.12. The van der Waals surface area contributed by atoms with E-state index in [-0.39, 0.29) is 19.3 Å². The lowest BCUT2D eigenvalue weighted by atomic mass is 10.0. The van der Waals surface area contributed by atoms with Crippen LogP contribution in [0.1, 0.15) is 23.7 Å². The van der Waals surface area contributed by atoms with E-state index in [0.29, 0.717) is 17.0 Å². The predicted molar refractivity (Wildman–Crippen MR) is 110 cm³/mol. The molecule has 2 amide bonds. The number of amides is 2. The Morgan fingerprint density at radius 2 is 1.66 bits per heavy atom. The van der Waals surface area contributed by atoms with Gasteiger partial charge >= 0.3 is 0 Å². The van der Waals surface area contributed by atoms with Crippen LogP contribution >= 0.6 is 11.6 Å². The monoisotopic (exact) mass is 420 g/mol. The fraction of sp³-hybridized carbons (Fsp3) is 0.333. The highest BCUT2D eigenvalue weighted by atomic mass is 35.5. The molecule has 2 aromatic carbocycles. The van der Waals surface area contributed by atoms with Crippen LogP contribution in [0.25, 0.3) is 11.1 Å². The van der Waals surface area contributed by atoms with Crippen molar-refractivity contribution in [2.45, 2.75) is 19.4 Å². The van der Waals surface area contributed by atoms with E-state index in [1.54, 1.807) is 24.5 Å². The highest BCUT2D eigenvalue weighted by Crippen LogP contribution is 2.22. The molecule has 0 radical (unpaired) electrons. The van der Waals surface area contributed by atoms with Gasteiger partial charge in [0, 0.05) is 23.6 Å². The molecule has 0 aliphatic rings. The number of benzene rings is 2. The zero-order chi connectivity index (χ0) is 21.2. The fourth-order valence-corrected chi connectivity index (χ4v) is 2.94. The molecule has 0 bridgehead atoms. The maximum absolute atomic E-state index is 12.6. The summed E-state index contributed by atoms with van der Waals surface area (Å²) >= 11 is 5.91. The molecule has 0 spiro atoms. The largest absolute Gasteiger partial charge is 0.359 e. The molecule has 29 heavy (non-hydrogen) atoms. The number of hydroxylamine groups is 1. The summed E-state index contributed by atoms with van der Waals surface area (Å²) in [5, 5.41) is 12.3. The lowest BCUT2D eigenvalue weighted by Gasteiger charge is -2.21. The second-order valence-electron chi connectivity index (χ2n) is 6.64. The summed E-state index contributed by atoms with van der Waals surface area (Å²) in [6.07, 6.45) is 0.296. The first-order chi connectivity index (χ1) is 13.9. The van der Waals surface area contributed by atoms with Crippen molar-refractivity contribution < 1.29 is 24.3 Å². The van der Waals surface area contributed by atoms with Gasteiger partial charge in [0.2, 0.25) is 5.91 Å². The maximum Gasteiger partial charge on any atom is 0.251 e. The van der Waals surface area contributed by atoms with Crippen molar-refractivity contribution >= 4 is 23.4 Å². The number of hydrogen-bond acceptors (Lipinski definition) is 5. The van der Waals surface area contributed by atoms with Crippen LogP contribution in [-0.2, 0) is 14.3 Å². The van der Waals surface area contributed by atoms with E-state index in [2.05, 4.69) is 5.32 Å². The molecule has 0 saturated heterocycles. The summed E-state index contributed by atoms with van der Waals surface area (Å²) in [5.41, 5.74) is 4.07. The highest BCUT2D eigenvalue weighted by Gasteiger charge is 2.21. The van der Waals surface area contributed by atoms with Crippen LogP contribution < -0.4 is 10.8 Å². The van der Waals surface area contributed by atoms with Gasteiger partial charge in [-0.25, -0.2) is 5.48 Å². The zero-order valence-corrected chi connectivity index (χ0v) is 17.1. The second-order valence-corrected chi connectivity index (χ2v) is 7.08. The molecule has 0 aliphatic heterocycles. The van der Waals surface area contributed by atoms with Crippen molar-refractivity contribution in [2.24, 2.45) is 5.92 Å². The Labute approximate surface area is 174 Å². The number of ether oxygens (including phenoxy) is 2. The highest BCUT2D eigenvalue weighted by molar-refractivity contribution is 6.30. The number of rotatable bonds is 10. The molecule has 0 heterocycles. The quantitative estimate of drug-likeness (QED) is 0.237. The third-order valence-electron chi connectivity index (χ3n) is 4.38. The van der Waals surface area contributed by atoms with E-state index in [4.69, 9.17) is 26.3 Å². The number of hydrogen-bond donors (Lipinski definition) is 3. The van der Waals surface area contributed by atoms with Gasteiger partial charge in [0.05, 0.1) is 12.6 Å². The summed E-state index contributed by atoms with van der Waals surface area (Å²) in [5.74, 6) is -1.32. The molecular formula is C21H25ClN2O5.